The molecule has 1 heterocycles. The molecule has 23 heavy (non-hydrogen) atoms. The quantitative estimate of drug-likeness (QED) is 0.780. The predicted molar refractivity (Wildman–Crippen MR) is 85.5 cm³/mol. The molecule has 1 fully saturated rings. The highest BCUT2D eigenvalue weighted by Crippen LogP contribution is 2.37. The van der Waals surface area contributed by atoms with E-state index in [1.807, 2.05) is 51.1 Å². The van der Waals surface area contributed by atoms with Gasteiger partial charge in [-0.25, -0.2) is 13.6 Å². The average Bonchev–Trinajstić information content (AvgIpc) is 2.45. The second kappa shape index (κ2) is 7.28. The molecule has 2 rings (SSSR count). The maximum Gasteiger partial charge on any atom is 0.410 e. The van der Waals surface area contributed by atoms with E-state index in [0.29, 0.717) is 19.4 Å². The lowest BCUT2D eigenvalue weighted by Crippen LogP contribution is -2.44. The number of benzene rings is 1. The van der Waals surface area contributed by atoms with Gasteiger partial charge in [0.25, 0.3) is 0 Å². The summed E-state index contributed by atoms with van der Waals surface area (Å²) >= 11 is 0. The second-order valence-electron chi connectivity index (χ2n) is 7.12. The molecule has 1 aliphatic heterocycles. The van der Waals surface area contributed by atoms with Crippen LogP contribution in [-0.4, -0.2) is 29.6 Å². The van der Waals surface area contributed by atoms with E-state index >= 15 is 0 Å². The second-order valence-corrected chi connectivity index (χ2v) is 7.12. The zero-order valence-corrected chi connectivity index (χ0v) is 14.0. The third kappa shape index (κ3) is 5.19. The molecular formula is C18H25F2NO2. The molecule has 1 amide bonds. The Labute approximate surface area is 136 Å². The maximum absolute atomic E-state index is 12.7. The number of hydrogen-bond donors (Lipinski definition) is 0. The van der Waals surface area contributed by atoms with Crippen LogP contribution in [-0.2, 0) is 4.74 Å². The van der Waals surface area contributed by atoms with Crippen molar-refractivity contribution in [3.8, 4) is 0 Å². The number of ether oxygens (including phenoxy) is 1. The number of alkyl halides is 2. The Morgan fingerprint density at radius 3 is 2.52 bits per heavy atom. The van der Waals surface area contributed by atoms with Crippen LogP contribution < -0.4 is 0 Å². The standard InChI is InChI=1S/C18H25F2NO2/c1-18(2,3)23-17(22)21-10-9-13(12-16(19)20)11-15(21)14-7-5-4-6-8-14/h4-8,13,15-16H,9-12H2,1-3H3/t13-,15+/m1/s1. The summed E-state index contributed by atoms with van der Waals surface area (Å²) in [6.07, 6.45) is -1.64. The van der Waals surface area contributed by atoms with Crippen molar-refractivity contribution in [2.24, 2.45) is 5.92 Å². The topological polar surface area (TPSA) is 29.5 Å². The van der Waals surface area contributed by atoms with Crippen LogP contribution in [0.1, 0.15) is 51.6 Å². The van der Waals surface area contributed by atoms with Gasteiger partial charge in [-0.2, -0.15) is 0 Å². The minimum absolute atomic E-state index is 0.0705. The number of halogens is 2. The number of hydrogen-bond acceptors (Lipinski definition) is 2. The van der Waals surface area contributed by atoms with Gasteiger partial charge in [-0.05, 0) is 45.1 Å². The molecule has 1 aromatic carbocycles. The minimum atomic E-state index is -2.30. The molecule has 0 aliphatic carbocycles. The number of amides is 1. The summed E-state index contributed by atoms with van der Waals surface area (Å²) in [7, 11) is 0. The Bertz CT molecular complexity index is 514. The minimum Gasteiger partial charge on any atom is -0.444 e. The zero-order chi connectivity index (χ0) is 17.0. The molecule has 1 saturated heterocycles. The van der Waals surface area contributed by atoms with E-state index in [-0.39, 0.29) is 24.5 Å². The van der Waals surface area contributed by atoms with Crippen LogP contribution in [0.15, 0.2) is 30.3 Å². The Hall–Kier alpha value is -1.65. The fourth-order valence-corrected chi connectivity index (χ4v) is 3.03. The zero-order valence-electron chi connectivity index (χ0n) is 14.0. The van der Waals surface area contributed by atoms with Gasteiger partial charge in [0.2, 0.25) is 6.43 Å². The number of nitrogens with zero attached hydrogens (tertiary/aromatic N) is 1. The lowest BCUT2D eigenvalue weighted by atomic mass is 9.85. The Morgan fingerprint density at radius 1 is 1.30 bits per heavy atom. The lowest BCUT2D eigenvalue weighted by molar-refractivity contribution is -0.000551. The van der Waals surface area contributed by atoms with E-state index in [4.69, 9.17) is 4.74 Å². The van der Waals surface area contributed by atoms with Crippen molar-refractivity contribution in [2.75, 3.05) is 6.54 Å². The predicted octanol–water partition coefficient (Wildman–Crippen LogP) is 5.03. The number of carbonyl (C=O) groups excluding carboxylic acids is 1. The first-order chi connectivity index (χ1) is 10.8. The molecule has 0 unspecified atom stereocenters. The number of likely N-dealkylation sites (tertiary alicyclic amines) is 1. The van der Waals surface area contributed by atoms with Crippen LogP contribution in [0.2, 0.25) is 0 Å². The summed E-state index contributed by atoms with van der Waals surface area (Å²) in [5, 5.41) is 0. The van der Waals surface area contributed by atoms with E-state index in [2.05, 4.69) is 0 Å². The number of piperidine rings is 1. The van der Waals surface area contributed by atoms with Gasteiger partial charge < -0.3 is 9.64 Å². The smallest absolute Gasteiger partial charge is 0.410 e. The summed E-state index contributed by atoms with van der Waals surface area (Å²) in [6, 6.07) is 9.38. The van der Waals surface area contributed by atoms with Crippen molar-refractivity contribution < 1.29 is 18.3 Å². The number of rotatable bonds is 3. The van der Waals surface area contributed by atoms with Crippen LogP contribution in [0.5, 0.6) is 0 Å². The Morgan fingerprint density at radius 2 is 1.96 bits per heavy atom. The Balaban J connectivity index is 2.18. The van der Waals surface area contributed by atoms with Gasteiger partial charge in [0.1, 0.15) is 5.60 Å². The van der Waals surface area contributed by atoms with Crippen LogP contribution in [0.25, 0.3) is 0 Å². The summed E-state index contributed by atoms with van der Waals surface area (Å²) in [6.45, 7) is 5.93. The van der Waals surface area contributed by atoms with E-state index in [1.165, 1.54) is 0 Å². The van der Waals surface area contributed by atoms with Crippen molar-refractivity contribution in [2.45, 2.75) is 58.1 Å². The van der Waals surface area contributed by atoms with Crippen LogP contribution in [0.4, 0.5) is 13.6 Å². The molecule has 0 N–H and O–H groups in total. The summed E-state index contributed by atoms with van der Waals surface area (Å²) in [4.78, 5) is 14.2. The first kappa shape index (κ1) is 17.7. The van der Waals surface area contributed by atoms with Gasteiger partial charge in [0.15, 0.2) is 0 Å². The molecular weight excluding hydrogens is 300 g/mol. The van der Waals surface area contributed by atoms with Gasteiger partial charge in [0, 0.05) is 13.0 Å². The SMILES string of the molecule is CC(C)(C)OC(=O)N1CC[C@@H](CC(F)F)C[C@H]1c1ccccc1. The highest BCUT2D eigenvalue weighted by molar-refractivity contribution is 5.69. The monoisotopic (exact) mass is 325 g/mol. The van der Waals surface area contributed by atoms with Crippen LogP contribution in [0, 0.1) is 5.92 Å². The fourth-order valence-electron chi connectivity index (χ4n) is 3.03. The number of carbonyl (C=O) groups is 1. The van der Waals surface area contributed by atoms with Crippen molar-refractivity contribution in [3.63, 3.8) is 0 Å². The van der Waals surface area contributed by atoms with Crippen LogP contribution in [0.3, 0.4) is 0 Å². The lowest BCUT2D eigenvalue weighted by Gasteiger charge is -2.40. The normalized spacial score (nSPS) is 22.3. The van der Waals surface area contributed by atoms with Crippen molar-refractivity contribution in [1.82, 2.24) is 4.90 Å². The molecule has 2 atom stereocenters. The molecule has 128 valence electrons. The van der Waals surface area contributed by atoms with E-state index in [0.717, 1.165) is 5.56 Å². The summed E-state index contributed by atoms with van der Waals surface area (Å²) in [5.74, 6) is -0.0705. The van der Waals surface area contributed by atoms with Crippen molar-refractivity contribution in [3.05, 3.63) is 35.9 Å². The third-order valence-electron chi connectivity index (χ3n) is 4.03. The molecule has 0 spiro atoms. The maximum atomic E-state index is 12.7. The highest BCUT2D eigenvalue weighted by atomic mass is 19.3. The first-order valence-electron chi connectivity index (χ1n) is 8.09. The summed E-state index contributed by atoms with van der Waals surface area (Å²) in [5.41, 5.74) is 0.398. The molecule has 0 saturated carbocycles. The van der Waals surface area contributed by atoms with Gasteiger partial charge in [0.05, 0.1) is 6.04 Å². The molecule has 1 aliphatic rings. The molecule has 3 nitrogen and oxygen atoms in total. The van der Waals surface area contributed by atoms with Gasteiger partial charge in [-0.1, -0.05) is 30.3 Å². The molecule has 0 radical (unpaired) electrons. The van der Waals surface area contributed by atoms with E-state index in [1.54, 1.807) is 4.90 Å². The average molecular weight is 325 g/mol. The third-order valence-corrected chi connectivity index (χ3v) is 4.03. The molecule has 0 bridgehead atoms. The first-order valence-corrected chi connectivity index (χ1v) is 8.09. The van der Waals surface area contributed by atoms with Gasteiger partial charge in [-0.15, -0.1) is 0 Å². The summed E-state index contributed by atoms with van der Waals surface area (Å²) < 4.78 is 30.9. The largest absolute Gasteiger partial charge is 0.444 e. The fraction of sp³-hybridized carbons (Fsp3) is 0.611. The molecule has 1 aromatic rings. The van der Waals surface area contributed by atoms with E-state index < -0.39 is 12.0 Å². The van der Waals surface area contributed by atoms with Gasteiger partial charge in [-0.3, -0.25) is 0 Å². The van der Waals surface area contributed by atoms with Crippen LogP contribution >= 0.6 is 0 Å². The van der Waals surface area contributed by atoms with Crippen molar-refractivity contribution >= 4 is 6.09 Å². The van der Waals surface area contributed by atoms with Gasteiger partial charge >= 0.3 is 6.09 Å². The highest BCUT2D eigenvalue weighted by Gasteiger charge is 2.35. The van der Waals surface area contributed by atoms with Crippen molar-refractivity contribution in [1.29, 1.82) is 0 Å². The van der Waals surface area contributed by atoms with E-state index in [9.17, 15) is 13.6 Å². The Kier molecular flexibility index (Phi) is 5.60. The molecule has 0 aromatic heterocycles. The molecule has 5 heteroatoms.